The van der Waals surface area contributed by atoms with E-state index in [0.29, 0.717) is 18.4 Å². The van der Waals surface area contributed by atoms with Gasteiger partial charge in [0.1, 0.15) is 0 Å². The molecule has 0 bridgehead atoms. The first-order chi connectivity index (χ1) is 14.4. The Morgan fingerprint density at radius 1 is 1.10 bits per heavy atom. The van der Waals surface area contributed by atoms with Crippen LogP contribution in [0, 0.1) is 5.92 Å². The van der Waals surface area contributed by atoms with Crippen molar-refractivity contribution >= 4 is 39.8 Å². The number of benzene rings is 2. The van der Waals surface area contributed by atoms with Gasteiger partial charge in [-0.25, -0.2) is 13.4 Å². The predicted octanol–water partition coefficient (Wildman–Crippen LogP) is 4.44. The van der Waals surface area contributed by atoms with E-state index < -0.39 is 9.84 Å². The van der Waals surface area contributed by atoms with E-state index in [0.717, 1.165) is 43.1 Å². The van der Waals surface area contributed by atoms with Gasteiger partial charge in [-0.1, -0.05) is 61.5 Å². The van der Waals surface area contributed by atoms with Gasteiger partial charge in [0.15, 0.2) is 15.8 Å². The minimum absolute atomic E-state index is 0. The van der Waals surface area contributed by atoms with Gasteiger partial charge < -0.3 is 10.2 Å². The highest BCUT2D eigenvalue weighted by atomic mass is 127. The summed E-state index contributed by atoms with van der Waals surface area (Å²) >= 11 is 0. The summed E-state index contributed by atoms with van der Waals surface area (Å²) in [5.74, 6) is 2.18. The van der Waals surface area contributed by atoms with Crippen molar-refractivity contribution in [3.8, 4) is 0 Å². The minimum atomic E-state index is -3.01. The van der Waals surface area contributed by atoms with Crippen molar-refractivity contribution in [2.75, 3.05) is 25.9 Å². The number of sulfone groups is 1. The zero-order valence-electron chi connectivity index (χ0n) is 18.6. The highest BCUT2D eigenvalue weighted by Crippen LogP contribution is 2.32. The lowest BCUT2D eigenvalue weighted by molar-refractivity contribution is 0.234. The lowest BCUT2D eigenvalue weighted by Gasteiger charge is -2.39. The third-order valence-corrected chi connectivity index (χ3v) is 6.49. The number of halogens is 1. The van der Waals surface area contributed by atoms with Crippen LogP contribution in [0.3, 0.4) is 0 Å². The molecule has 2 aromatic carbocycles. The lowest BCUT2D eigenvalue weighted by Crippen LogP contribution is -2.48. The number of piperidine rings is 1. The minimum Gasteiger partial charge on any atom is -0.357 e. The monoisotopic (exact) mass is 555 g/mol. The first-order valence-electron chi connectivity index (χ1n) is 10.7. The first-order valence-corrected chi connectivity index (χ1v) is 12.8. The zero-order valence-corrected chi connectivity index (χ0v) is 21.8. The second kappa shape index (κ2) is 11.9. The molecule has 0 radical (unpaired) electrons. The lowest BCUT2D eigenvalue weighted by atomic mass is 9.82. The molecule has 170 valence electrons. The van der Waals surface area contributed by atoms with Crippen LogP contribution in [0.5, 0.6) is 0 Å². The summed E-state index contributed by atoms with van der Waals surface area (Å²) in [4.78, 5) is 7.22. The predicted molar refractivity (Wildman–Crippen MR) is 140 cm³/mol. The van der Waals surface area contributed by atoms with Gasteiger partial charge in [-0.15, -0.1) is 24.0 Å². The summed E-state index contributed by atoms with van der Waals surface area (Å²) in [6.45, 7) is 7.80. The molecular weight excluding hydrogens is 521 g/mol. The second-order valence-electron chi connectivity index (χ2n) is 8.29. The fraction of sp³-hybridized carbons (Fsp3) is 0.458. The molecule has 1 aliphatic heterocycles. The summed E-state index contributed by atoms with van der Waals surface area (Å²) in [5, 5.41) is 3.44. The molecule has 0 spiro atoms. The van der Waals surface area contributed by atoms with Crippen molar-refractivity contribution in [2.24, 2.45) is 10.9 Å². The Labute approximate surface area is 204 Å². The highest BCUT2D eigenvalue weighted by Gasteiger charge is 2.28. The van der Waals surface area contributed by atoms with Crippen LogP contribution in [-0.4, -0.2) is 45.2 Å². The SMILES string of the molecule is CCNC(=NCc1ccc(CS(C)(=O)=O)cc1)N1CCC(c2ccccc2)C(C)C1.I. The van der Waals surface area contributed by atoms with Gasteiger partial charge in [-0.3, -0.25) is 0 Å². The molecule has 1 fully saturated rings. The number of rotatable bonds is 6. The van der Waals surface area contributed by atoms with Crippen molar-refractivity contribution in [3.63, 3.8) is 0 Å². The van der Waals surface area contributed by atoms with Crippen molar-refractivity contribution in [3.05, 3.63) is 71.3 Å². The van der Waals surface area contributed by atoms with Gasteiger partial charge in [-0.05, 0) is 41.9 Å². The van der Waals surface area contributed by atoms with Crippen LogP contribution in [0.2, 0.25) is 0 Å². The van der Waals surface area contributed by atoms with Gasteiger partial charge in [0.25, 0.3) is 0 Å². The Morgan fingerprint density at radius 3 is 2.32 bits per heavy atom. The van der Waals surface area contributed by atoms with Crippen LogP contribution in [0.4, 0.5) is 0 Å². The topological polar surface area (TPSA) is 61.8 Å². The van der Waals surface area contributed by atoms with Gasteiger partial charge in [0, 0.05) is 25.9 Å². The Morgan fingerprint density at radius 2 is 1.74 bits per heavy atom. The smallest absolute Gasteiger partial charge is 0.194 e. The fourth-order valence-electron chi connectivity index (χ4n) is 4.17. The molecule has 2 atom stereocenters. The van der Waals surface area contributed by atoms with Crippen molar-refractivity contribution < 1.29 is 8.42 Å². The van der Waals surface area contributed by atoms with Crippen LogP contribution >= 0.6 is 24.0 Å². The fourth-order valence-corrected chi connectivity index (χ4v) is 4.97. The van der Waals surface area contributed by atoms with E-state index in [2.05, 4.69) is 54.4 Å². The molecule has 0 amide bonds. The summed E-state index contributed by atoms with van der Waals surface area (Å²) in [7, 11) is -3.01. The van der Waals surface area contributed by atoms with Crippen molar-refractivity contribution in [2.45, 2.75) is 38.5 Å². The third kappa shape index (κ3) is 7.79. The molecule has 1 N–H and O–H groups in total. The van der Waals surface area contributed by atoms with Crippen LogP contribution in [0.15, 0.2) is 59.6 Å². The largest absolute Gasteiger partial charge is 0.357 e. The molecule has 7 heteroatoms. The average Bonchev–Trinajstić information content (AvgIpc) is 2.71. The Kier molecular flexibility index (Phi) is 9.81. The van der Waals surface area contributed by atoms with Crippen LogP contribution in [0.1, 0.15) is 42.9 Å². The summed E-state index contributed by atoms with van der Waals surface area (Å²) in [6, 6.07) is 18.5. The number of nitrogens with zero attached hydrogens (tertiary/aromatic N) is 2. The summed E-state index contributed by atoms with van der Waals surface area (Å²) in [5.41, 5.74) is 3.32. The summed E-state index contributed by atoms with van der Waals surface area (Å²) < 4.78 is 22.9. The number of hydrogen-bond acceptors (Lipinski definition) is 3. The maximum atomic E-state index is 11.5. The third-order valence-electron chi connectivity index (χ3n) is 5.63. The zero-order chi connectivity index (χ0) is 21.6. The van der Waals surface area contributed by atoms with Crippen LogP contribution in [0.25, 0.3) is 0 Å². The second-order valence-corrected chi connectivity index (χ2v) is 10.4. The van der Waals surface area contributed by atoms with E-state index >= 15 is 0 Å². The van der Waals surface area contributed by atoms with Crippen molar-refractivity contribution in [1.82, 2.24) is 10.2 Å². The first kappa shape index (κ1) is 25.6. The Balaban J connectivity index is 0.00000341. The number of guanidine groups is 1. The molecule has 1 saturated heterocycles. The normalized spacial score (nSPS) is 19.6. The van der Waals surface area contributed by atoms with Crippen molar-refractivity contribution in [1.29, 1.82) is 0 Å². The number of likely N-dealkylation sites (tertiary alicyclic amines) is 1. The molecule has 1 aliphatic rings. The van der Waals surface area contributed by atoms with Gasteiger partial charge >= 0.3 is 0 Å². The van der Waals surface area contributed by atoms with E-state index in [4.69, 9.17) is 4.99 Å². The molecule has 31 heavy (non-hydrogen) atoms. The number of aliphatic imine (C=N–C) groups is 1. The van der Waals surface area contributed by atoms with Gasteiger partial charge in [0.2, 0.25) is 0 Å². The van der Waals surface area contributed by atoms with Crippen LogP contribution < -0.4 is 5.32 Å². The molecule has 3 rings (SSSR count). The molecule has 0 saturated carbocycles. The molecule has 5 nitrogen and oxygen atoms in total. The van der Waals surface area contributed by atoms with Crippen LogP contribution in [-0.2, 0) is 22.1 Å². The molecule has 0 aliphatic carbocycles. The summed E-state index contributed by atoms with van der Waals surface area (Å²) in [6.07, 6.45) is 2.38. The molecule has 1 heterocycles. The van der Waals surface area contributed by atoms with Gasteiger partial charge in [-0.2, -0.15) is 0 Å². The Bertz CT molecular complexity index is 947. The molecule has 0 aromatic heterocycles. The number of hydrogen-bond donors (Lipinski definition) is 1. The number of nitrogens with one attached hydrogen (secondary N) is 1. The van der Waals surface area contributed by atoms with Gasteiger partial charge in [0.05, 0.1) is 12.3 Å². The Hall–Kier alpha value is -1.61. The maximum Gasteiger partial charge on any atom is 0.194 e. The van der Waals surface area contributed by atoms with E-state index in [1.807, 2.05) is 24.3 Å². The molecule has 2 unspecified atom stereocenters. The van der Waals surface area contributed by atoms with E-state index in [1.54, 1.807) is 0 Å². The molecular formula is C24H34IN3O2S. The van der Waals surface area contributed by atoms with E-state index in [-0.39, 0.29) is 29.7 Å². The molecule has 2 aromatic rings. The average molecular weight is 556 g/mol. The van der Waals surface area contributed by atoms with E-state index in [9.17, 15) is 8.42 Å². The standard InChI is InChI=1S/C24H33N3O2S.HI/c1-4-25-24(26-16-20-10-12-21(13-11-20)18-30(3,28)29)27-15-14-23(19(2)17-27)22-8-6-5-7-9-22;/h5-13,19,23H,4,14-18H2,1-3H3,(H,25,26);1H. The highest BCUT2D eigenvalue weighted by molar-refractivity contribution is 14.0. The maximum absolute atomic E-state index is 11.5. The quantitative estimate of drug-likeness (QED) is 0.325. The van der Waals surface area contributed by atoms with E-state index in [1.165, 1.54) is 11.8 Å².